The van der Waals surface area contributed by atoms with Crippen LogP contribution in [0.5, 0.6) is 0 Å². The summed E-state index contributed by atoms with van der Waals surface area (Å²) in [6.07, 6.45) is 0. The summed E-state index contributed by atoms with van der Waals surface area (Å²) in [6, 6.07) is 25.2. The SMILES string of the molecule is OB(O)c1ccc(-c2nc3ccccc3n2-c2ccccc2)cc1.O[B]O. The van der Waals surface area contributed by atoms with Crippen LogP contribution in [0.1, 0.15) is 0 Å². The standard InChI is InChI=1S/C19H15BN2O2.BH2O2/c23-20(24)15-12-10-14(11-13-15)19-21-17-8-4-5-9-18(17)22(19)16-6-2-1-3-7-16;2-1-3/h1-13,23-24H;2-3H. The molecule has 0 aliphatic heterocycles. The van der Waals surface area contributed by atoms with Gasteiger partial charge in [0.2, 0.25) is 0 Å². The van der Waals surface area contributed by atoms with E-state index in [9.17, 15) is 10.0 Å². The third-order valence-electron chi connectivity index (χ3n) is 4.04. The van der Waals surface area contributed by atoms with Crippen LogP contribution < -0.4 is 5.46 Å². The average molecular weight is 359 g/mol. The largest absolute Gasteiger partial charge is 0.488 e. The van der Waals surface area contributed by atoms with Crippen molar-refractivity contribution >= 4 is 31.3 Å². The summed E-state index contributed by atoms with van der Waals surface area (Å²) >= 11 is 0. The molecule has 0 aliphatic carbocycles. The van der Waals surface area contributed by atoms with Gasteiger partial charge in [-0.3, -0.25) is 4.57 Å². The van der Waals surface area contributed by atoms with Gasteiger partial charge in [0.15, 0.2) is 0 Å². The molecule has 0 atom stereocenters. The lowest BCUT2D eigenvalue weighted by Gasteiger charge is -2.10. The molecule has 0 saturated carbocycles. The summed E-state index contributed by atoms with van der Waals surface area (Å²) in [6.45, 7) is 0. The van der Waals surface area contributed by atoms with Gasteiger partial charge in [-0.15, -0.1) is 0 Å². The molecule has 1 heterocycles. The van der Waals surface area contributed by atoms with Crippen LogP contribution in [0.3, 0.4) is 0 Å². The quantitative estimate of drug-likeness (QED) is 0.407. The highest BCUT2D eigenvalue weighted by Gasteiger charge is 2.15. The normalized spacial score (nSPS) is 10.2. The summed E-state index contributed by atoms with van der Waals surface area (Å²) in [5.74, 6) is 0.821. The van der Waals surface area contributed by atoms with Gasteiger partial charge in [-0.25, -0.2) is 4.98 Å². The van der Waals surface area contributed by atoms with Crippen LogP contribution in [-0.4, -0.2) is 44.5 Å². The Morgan fingerprint density at radius 2 is 1.37 bits per heavy atom. The fourth-order valence-electron chi connectivity index (χ4n) is 2.86. The van der Waals surface area contributed by atoms with Gasteiger partial charge in [-0.2, -0.15) is 0 Å². The van der Waals surface area contributed by atoms with Gasteiger partial charge >= 0.3 is 14.8 Å². The predicted molar refractivity (Wildman–Crippen MR) is 107 cm³/mol. The van der Waals surface area contributed by atoms with Crippen LogP contribution in [0.15, 0.2) is 78.9 Å². The lowest BCUT2D eigenvalue weighted by atomic mass is 9.80. The molecule has 133 valence electrons. The number of benzene rings is 3. The van der Waals surface area contributed by atoms with E-state index < -0.39 is 7.12 Å². The second-order valence-electron chi connectivity index (χ2n) is 5.71. The van der Waals surface area contributed by atoms with Crippen LogP contribution in [0.25, 0.3) is 28.1 Å². The molecule has 6 nitrogen and oxygen atoms in total. The van der Waals surface area contributed by atoms with E-state index >= 15 is 0 Å². The molecule has 0 unspecified atom stereocenters. The highest BCUT2D eigenvalue weighted by molar-refractivity contribution is 6.58. The van der Waals surface area contributed by atoms with Crippen molar-refractivity contribution in [3.63, 3.8) is 0 Å². The van der Waals surface area contributed by atoms with E-state index in [1.54, 1.807) is 12.1 Å². The first-order valence-electron chi connectivity index (χ1n) is 8.25. The molecule has 1 aromatic heterocycles. The molecule has 4 rings (SSSR count). The van der Waals surface area contributed by atoms with E-state index in [0.717, 1.165) is 28.1 Å². The monoisotopic (exact) mass is 359 g/mol. The van der Waals surface area contributed by atoms with Crippen molar-refractivity contribution < 1.29 is 20.1 Å². The minimum Gasteiger partial charge on any atom is -0.429 e. The molecule has 27 heavy (non-hydrogen) atoms. The zero-order valence-corrected chi connectivity index (χ0v) is 14.3. The molecular formula is C19H17B2N2O4. The molecule has 0 spiro atoms. The van der Waals surface area contributed by atoms with Gasteiger partial charge in [0.1, 0.15) is 5.82 Å². The maximum atomic E-state index is 9.27. The van der Waals surface area contributed by atoms with Crippen LogP contribution in [-0.2, 0) is 0 Å². The Labute approximate surface area is 157 Å². The number of imidazole rings is 1. The Bertz CT molecular complexity index is 1010. The summed E-state index contributed by atoms with van der Waals surface area (Å²) in [7, 11) is -1.47. The van der Waals surface area contributed by atoms with Crippen molar-refractivity contribution in [2.75, 3.05) is 0 Å². The fraction of sp³-hybridized carbons (Fsp3) is 0. The average Bonchev–Trinajstić information content (AvgIpc) is 3.09. The Hall–Kier alpha value is -2.90. The predicted octanol–water partition coefficient (Wildman–Crippen LogP) is 0.877. The highest BCUT2D eigenvalue weighted by atomic mass is 16.4. The van der Waals surface area contributed by atoms with Gasteiger partial charge in [0.05, 0.1) is 11.0 Å². The second-order valence-corrected chi connectivity index (χ2v) is 5.71. The summed E-state index contributed by atoms with van der Waals surface area (Å²) < 4.78 is 2.11. The summed E-state index contributed by atoms with van der Waals surface area (Å²) in [5.41, 5.74) is 4.36. The molecule has 0 aliphatic rings. The lowest BCUT2D eigenvalue weighted by Crippen LogP contribution is -2.29. The number of nitrogens with zero attached hydrogens (tertiary/aromatic N) is 2. The molecule has 0 fully saturated rings. The lowest BCUT2D eigenvalue weighted by molar-refractivity contribution is 0.425. The highest BCUT2D eigenvalue weighted by Crippen LogP contribution is 2.28. The molecular weight excluding hydrogens is 342 g/mol. The first kappa shape index (κ1) is 18.9. The van der Waals surface area contributed by atoms with Gasteiger partial charge in [-0.05, 0) is 29.7 Å². The van der Waals surface area contributed by atoms with Crippen molar-refractivity contribution in [2.24, 2.45) is 0 Å². The van der Waals surface area contributed by atoms with Crippen LogP contribution in [0.2, 0.25) is 0 Å². The molecule has 0 amide bonds. The number of fused-ring (bicyclic) bond motifs is 1. The Morgan fingerprint density at radius 1 is 0.778 bits per heavy atom. The molecule has 1 radical (unpaired) electrons. The first-order chi connectivity index (χ1) is 13.2. The number of hydrogen-bond donors (Lipinski definition) is 4. The zero-order valence-electron chi connectivity index (χ0n) is 14.3. The molecule has 0 saturated heterocycles. The van der Waals surface area contributed by atoms with E-state index in [2.05, 4.69) is 4.57 Å². The van der Waals surface area contributed by atoms with Crippen LogP contribution in [0, 0.1) is 0 Å². The number of rotatable bonds is 3. The second kappa shape index (κ2) is 8.66. The molecule has 4 aromatic rings. The Kier molecular flexibility index (Phi) is 6.05. The molecule has 3 aromatic carbocycles. The number of para-hydroxylation sites is 3. The summed E-state index contributed by atoms with van der Waals surface area (Å²) in [4.78, 5) is 4.77. The van der Waals surface area contributed by atoms with E-state index in [-0.39, 0.29) is 7.69 Å². The minimum absolute atomic E-state index is 0. The van der Waals surface area contributed by atoms with Crippen LogP contribution >= 0.6 is 0 Å². The molecule has 8 heteroatoms. The van der Waals surface area contributed by atoms with Crippen LogP contribution in [0.4, 0.5) is 0 Å². The minimum atomic E-state index is -1.47. The number of hydrogen-bond acceptors (Lipinski definition) is 5. The molecule has 4 N–H and O–H groups in total. The molecule has 0 bridgehead atoms. The fourth-order valence-corrected chi connectivity index (χ4v) is 2.86. The maximum Gasteiger partial charge on any atom is 0.488 e. The van der Waals surface area contributed by atoms with Crippen molar-refractivity contribution in [3.8, 4) is 17.1 Å². The first-order valence-corrected chi connectivity index (χ1v) is 8.25. The topological polar surface area (TPSA) is 98.7 Å². The van der Waals surface area contributed by atoms with Crippen molar-refractivity contribution in [3.05, 3.63) is 78.9 Å². The van der Waals surface area contributed by atoms with Crippen molar-refractivity contribution in [1.29, 1.82) is 0 Å². The van der Waals surface area contributed by atoms with Crippen molar-refractivity contribution in [1.82, 2.24) is 9.55 Å². The van der Waals surface area contributed by atoms with Gasteiger partial charge in [0.25, 0.3) is 0 Å². The van der Waals surface area contributed by atoms with Gasteiger partial charge < -0.3 is 20.1 Å². The van der Waals surface area contributed by atoms with Gasteiger partial charge in [-0.1, -0.05) is 54.6 Å². The number of aromatic nitrogens is 2. The Morgan fingerprint density at radius 3 is 2.00 bits per heavy atom. The van der Waals surface area contributed by atoms with E-state index in [4.69, 9.17) is 15.0 Å². The third kappa shape index (κ3) is 4.10. The third-order valence-corrected chi connectivity index (χ3v) is 4.04. The van der Waals surface area contributed by atoms with E-state index in [0.29, 0.717) is 5.46 Å². The summed E-state index contributed by atoms with van der Waals surface area (Å²) in [5, 5.41) is 32.5. The zero-order chi connectivity index (χ0) is 19.2. The van der Waals surface area contributed by atoms with Crippen molar-refractivity contribution in [2.45, 2.75) is 0 Å². The Balaban J connectivity index is 0.000000659. The maximum absolute atomic E-state index is 9.27. The van der Waals surface area contributed by atoms with Gasteiger partial charge in [0, 0.05) is 11.3 Å². The van der Waals surface area contributed by atoms with E-state index in [1.807, 2.05) is 66.7 Å². The van der Waals surface area contributed by atoms with E-state index in [1.165, 1.54) is 0 Å². The smallest absolute Gasteiger partial charge is 0.429 e.